The topological polar surface area (TPSA) is 86.9 Å². The van der Waals surface area contributed by atoms with Gasteiger partial charge >= 0.3 is 0 Å². The van der Waals surface area contributed by atoms with Crippen molar-refractivity contribution in [2.45, 2.75) is 6.92 Å². The molecule has 0 saturated heterocycles. The van der Waals surface area contributed by atoms with Crippen LogP contribution < -0.4 is 10.6 Å². The summed E-state index contributed by atoms with van der Waals surface area (Å²) in [4.78, 5) is 31.5. The van der Waals surface area contributed by atoms with E-state index in [4.69, 9.17) is 11.6 Å². The van der Waals surface area contributed by atoms with Crippen LogP contribution in [0.15, 0.2) is 54.9 Å². The van der Waals surface area contributed by atoms with E-state index < -0.39 is 11.8 Å². The third-order valence-electron chi connectivity index (χ3n) is 3.46. The molecule has 0 aliphatic carbocycles. The molecule has 25 heavy (non-hydrogen) atoms. The van der Waals surface area contributed by atoms with Gasteiger partial charge in [-0.15, -0.1) is 0 Å². The molecule has 1 heterocycles. The molecule has 2 aromatic carbocycles. The summed E-state index contributed by atoms with van der Waals surface area (Å²) >= 11 is 5.82. The lowest BCUT2D eigenvalue weighted by molar-refractivity contribution is 0.0985. The zero-order valence-corrected chi connectivity index (χ0v) is 14.1. The standard InChI is InChI=1S/C18H15ClN4O2/c1-11-3-2-4-14(9-11)23-18(25)16-15(20-10-21-16)17(24)22-13-7-5-12(19)6-8-13/h2-10H,1H3,(H,20,21)(H,22,24)(H,23,25). The Bertz CT molecular complexity index is 919. The van der Waals surface area contributed by atoms with Crippen molar-refractivity contribution in [3.8, 4) is 0 Å². The summed E-state index contributed by atoms with van der Waals surface area (Å²) in [5.74, 6) is -0.928. The molecule has 2 amide bonds. The van der Waals surface area contributed by atoms with Crippen molar-refractivity contribution in [1.29, 1.82) is 0 Å². The Kier molecular flexibility index (Phi) is 4.81. The van der Waals surface area contributed by atoms with Crippen molar-refractivity contribution in [2.24, 2.45) is 0 Å². The highest BCUT2D eigenvalue weighted by Crippen LogP contribution is 2.16. The van der Waals surface area contributed by atoms with E-state index in [0.717, 1.165) is 5.56 Å². The lowest BCUT2D eigenvalue weighted by Gasteiger charge is -2.07. The number of aromatic nitrogens is 2. The van der Waals surface area contributed by atoms with Gasteiger partial charge in [0.05, 0.1) is 6.33 Å². The maximum absolute atomic E-state index is 12.4. The number of halogens is 1. The smallest absolute Gasteiger partial charge is 0.276 e. The SMILES string of the molecule is Cc1cccc(NC(=O)c2nc[nH]c2C(=O)Nc2ccc(Cl)cc2)c1. The second kappa shape index (κ2) is 7.19. The van der Waals surface area contributed by atoms with Gasteiger partial charge in [0.1, 0.15) is 5.69 Å². The van der Waals surface area contributed by atoms with Crippen molar-refractivity contribution in [1.82, 2.24) is 9.97 Å². The molecule has 0 saturated carbocycles. The van der Waals surface area contributed by atoms with Gasteiger partial charge in [-0.2, -0.15) is 0 Å². The van der Waals surface area contributed by atoms with Crippen LogP contribution in [0.2, 0.25) is 5.02 Å². The van der Waals surface area contributed by atoms with Crippen LogP contribution in [-0.4, -0.2) is 21.8 Å². The number of aryl methyl sites for hydroxylation is 1. The molecule has 0 unspecified atom stereocenters. The highest BCUT2D eigenvalue weighted by molar-refractivity contribution is 6.30. The first-order chi connectivity index (χ1) is 12.0. The minimum Gasteiger partial charge on any atom is -0.340 e. The van der Waals surface area contributed by atoms with Gasteiger partial charge in [0.15, 0.2) is 5.69 Å². The zero-order valence-electron chi connectivity index (χ0n) is 13.3. The summed E-state index contributed by atoms with van der Waals surface area (Å²) < 4.78 is 0. The average Bonchev–Trinajstić information content (AvgIpc) is 3.07. The number of H-pyrrole nitrogens is 1. The summed E-state index contributed by atoms with van der Waals surface area (Å²) in [5, 5.41) is 5.99. The number of anilines is 2. The third kappa shape index (κ3) is 4.05. The molecule has 0 fully saturated rings. The Morgan fingerprint density at radius 2 is 1.72 bits per heavy atom. The first-order valence-electron chi connectivity index (χ1n) is 7.51. The average molecular weight is 355 g/mol. The predicted molar refractivity (Wildman–Crippen MR) is 97.1 cm³/mol. The minimum atomic E-state index is -0.465. The number of rotatable bonds is 4. The van der Waals surface area contributed by atoms with E-state index in [0.29, 0.717) is 16.4 Å². The van der Waals surface area contributed by atoms with Crippen molar-refractivity contribution in [2.75, 3.05) is 10.6 Å². The molecule has 0 atom stereocenters. The van der Waals surface area contributed by atoms with Crippen molar-refractivity contribution in [3.05, 3.63) is 76.8 Å². The second-order valence-electron chi connectivity index (χ2n) is 5.41. The van der Waals surface area contributed by atoms with E-state index in [1.807, 2.05) is 25.1 Å². The van der Waals surface area contributed by atoms with Gasteiger partial charge in [-0.1, -0.05) is 23.7 Å². The number of benzene rings is 2. The normalized spacial score (nSPS) is 10.3. The molecule has 1 aromatic heterocycles. The molecule has 0 bridgehead atoms. The summed E-state index contributed by atoms with van der Waals surface area (Å²) in [6.45, 7) is 1.93. The molecular formula is C18H15ClN4O2. The Balaban J connectivity index is 1.76. The minimum absolute atomic E-state index is 0.0213. The van der Waals surface area contributed by atoms with E-state index in [1.165, 1.54) is 6.33 Å². The van der Waals surface area contributed by atoms with Crippen molar-refractivity contribution < 1.29 is 9.59 Å². The largest absolute Gasteiger partial charge is 0.340 e. The second-order valence-corrected chi connectivity index (χ2v) is 5.85. The van der Waals surface area contributed by atoms with Crippen LogP contribution >= 0.6 is 11.6 Å². The molecule has 3 aromatic rings. The number of amides is 2. The summed E-state index contributed by atoms with van der Waals surface area (Å²) in [7, 11) is 0. The molecule has 3 rings (SSSR count). The number of hydrogen-bond acceptors (Lipinski definition) is 3. The number of imidazole rings is 1. The molecule has 0 radical (unpaired) electrons. The van der Waals surface area contributed by atoms with Gasteiger partial charge in [0, 0.05) is 16.4 Å². The Hall–Kier alpha value is -3.12. The molecule has 0 aliphatic rings. The van der Waals surface area contributed by atoms with E-state index in [9.17, 15) is 9.59 Å². The monoisotopic (exact) mass is 354 g/mol. The van der Waals surface area contributed by atoms with Gasteiger partial charge < -0.3 is 15.6 Å². The quantitative estimate of drug-likeness (QED) is 0.664. The molecule has 6 nitrogen and oxygen atoms in total. The predicted octanol–water partition coefficient (Wildman–Crippen LogP) is 3.88. The highest BCUT2D eigenvalue weighted by atomic mass is 35.5. The highest BCUT2D eigenvalue weighted by Gasteiger charge is 2.20. The maximum atomic E-state index is 12.4. The number of hydrogen-bond donors (Lipinski definition) is 3. The van der Waals surface area contributed by atoms with Gasteiger partial charge in [-0.3, -0.25) is 9.59 Å². The lowest BCUT2D eigenvalue weighted by atomic mass is 10.2. The third-order valence-corrected chi connectivity index (χ3v) is 3.71. The maximum Gasteiger partial charge on any atom is 0.276 e. The van der Waals surface area contributed by atoms with Gasteiger partial charge in [-0.25, -0.2) is 4.98 Å². The van der Waals surface area contributed by atoms with E-state index in [2.05, 4.69) is 20.6 Å². The van der Waals surface area contributed by atoms with Crippen LogP contribution in [0.4, 0.5) is 11.4 Å². The Morgan fingerprint density at radius 3 is 2.44 bits per heavy atom. The Morgan fingerprint density at radius 1 is 1.00 bits per heavy atom. The van der Waals surface area contributed by atoms with Crippen LogP contribution in [0.1, 0.15) is 26.5 Å². The fourth-order valence-corrected chi connectivity index (χ4v) is 2.41. The number of nitrogens with zero attached hydrogens (tertiary/aromatic N) is 1. The number of carbonyl (C=O) groups excluding carboxylic acids is 2. The van der Waals surface area contributed by atoms with Gasteiger partial charge in [-0.05, 0) is 48.9 Å². The zero-order chi connectivity index (χ0) is 17.8. The summed E-state index contributed by atoms with van der Waals surface area (Å²) in [6, 6.07) is 14.0. The summed E-state index contributed by atoms with van der Waals surface area (Å²) in [6.07, 6.45) is 1.31. The summed E-state index contributed by atoms with van der Waals surface area (Å²) in [5.41, 5.74) is 2.32. The van der Waals surface area contributed by atoms with E-state index >= 15 is 0 Å². The van der Waals surface area contributed by atoms with Crippen LogP contribution in [-0.2, 0) is 0 Å². The first-order valence-corrected chi connectivity index (χ1v) is 7.89. The van der Waals surface area contributed by atoms with Crippen molar-refractivity contribution >= 4 is 34.8 Å². The molecule has 7 heteroatoms. The van der Waals surface area contributed by atoms with Crippen LogP contribution in [0, 0.1) is 6.92 Å². The van der Waals surface area contributed by atoms with Crippen LogP contribution in [0.3, 0.4) is 0 Å². The van der Waals surface area contributed by atoms with Crippen LogP contribution in [0.25, 0.3) is 0 Å². The van der Waals surface area contributed by atoms with Crippen LogP contribution in [0.5, 0.6) is 0 Å². The number of aromatic amines is 1. The van der Waals surface area contributed by atoms with Gasteiger partial charge in [0.25, 0.3) is 11.8 Å². The number of carbonyl (C=O) groups is 2. The van der Waals surface area contributed by atoms with Gasteiger partial charge in [0.2, 0.25) is 0 Å². The lowest BCUT2D eigenvalue weighted by Crippen LogP contribution is -2.20. The molecule has 126 valence electrons. The fraction of sp³-hybridized carbons (Fsp3) is 0.0556. The van der Waals surface area contributed by atoms with E-state index in [-0.39, 0.29) is 11.4 Å². The molecule has 3 N–H and O–H groups in total. The Labute approximate surface area is 149 Å². The first kappa shape index (κ1) is 16.7. The van der Waals surface area contributed by atoms with Crippen molar-refractivity contribution in [3.63, 3.8) is 0 Å². The molecular weight excluding hydrogens is 340 g/mol. The molecule has 0 spiro atoms. The molecule has 0 aliphatic heterocycles. The van der Waals surface area contributed by atoms with E-state index in [1.54, 1.807) is 30.3 Å². The fourth-order valence-electron chi connectivity index (χ4n) is 2.28. The number of nitrogens with one attached hydrogen (secondary N) is 3.